The fourth-order valence-electron chi connectivity index (χ4n) is 2.50. The van der Waals surface area contributed by atoms with Crippen molar-refractivity contribution in [2.24, 2.45) is 0 Å². The molecule has 114 valence electrons. The first-order valence-electron chi connectivity index (χ1n) is 7.09. The molecule has 1 heterocycles. The molecule has 0 radical (unpaired) electrons. The highest BCUT2D eigenvalue weighted by molar-refractivity contribution is 9.10. The van der Waals surface area contributed by atoms with E-state index < -0.39 is 5.82 Å². The molecule has 0 saturated carbocycles. The molecule has 0 aromatic heterocycles. The molecule has 2 nitrogen and oxygen atoms in total. The molecular weight excluding hydrogens is 365 g/mol. The molecule has 0 N–H and O–H groups in total. The van der Waals surface area contributed by atoms with Crippen molar-refractivity contribution in [2.75, 3.05) is 11.4 Å². The van der Waals surface area contributed by atoms with Crippen LogP contribution in [0.25, 0.3) is 0 Å². The highest BCUT2D eigenvalue weighted by atomic mass is 79.9. The van der Waals surface area contributed by atoms with E-state index in [1.165, 1.54) is 6.07 Å². The Bertz CT molecular complexity index is 722. The third-order valence-electron chi connectivity index (χ3n) is 3.65. The first-order valence-corrected chi connectivity index (χ1v) is 8.76. The number of halogens is 2. The van der Waals surface area contributed by atoms with Crippen LogP contribution < -0.4 is 4.90 Å². The molecule has 0 bridgehead atoms. The van der Waals surface area contributed by atoms with Crippen molar-refractivity contribution in [3.8, 4) is 0 Å². The summed E-state index contributed by atoms with van der Waals surface area (Å²) in [4.78, 5) is 15.6. The highest BCUT2D eigenvalue weighted by Gasteiger charge is 2.26. The van der Waals surface area contributed by atoms with E-state index in [4.69, 9.17) is 0 Å². The van der Waals surface area contributed by atoms with E-state index in [0.29, 0.717) is 16.3 Å². The number of carbonyl (C=O) groups excluding carboxylic acids is 1. The summed E-state index contributed by atoms with van der Waals surface area (Å²) in [6.07, 6.45) is 0.876. The predicted octanol–water partition coefficient (Wildman–Crippen LogP) is 5.12. The van der Waals surface area contributed by atoms with Crippen molar-refractivity contribution < 1.29 is 9.18 Å². The van der Waals surface area contributed by atoms with E-state index in [2.05, 4.69) is 22.9 Å². The Morgan fingerprint density at radius 3 is 2.91 bits per heavy atom. The smallest absolute Gasteiger partial charge is 0.261 e. The molecule has 22 heavy (non-hydrogen) atoms. The fraction of sp³-hybridized carbons (Fsp3) is 0.235. The van der Waals surface area contributed by atoms with Gasteiger partial charge in [0.25, 0.3) is 5.91 Å². The zero-order valence-electron chi connectivity index (χ0n) is 12.1. The summed E-state index contributed by atoms with van der Waals surface area (Å²) in [5.41, 5.74) is 0.963. The van der Waals surface area contributed by atoms with Crippen LogP contribution in [0, 0.1) is 5.82 Å². The Morgan fingerprint density at radius 2 is 2.09 bits per heavy atom. The van der Waals surface area contributed by atoms with Crippen LogP contribution in [0.15, 0.2) is 51.8 Å². The van der Waals surface area contributed by atoms with Gasteiger partial charge in [-0.1, -0.05) is 35.0 Å². The van der Waals surface area contributed by atoms with E-state index in [1.54, 1.807) is 28.8 Å². The minimum absolute atomic E-state index is 0.101. The lowest BCUT2D eigenvalue weighted by Gasteiger charge is -2.23. The number of anilines is 1. The molecule has 1 aliphatic rings. The summed E-state index contributed by atoms with van der Waals surface area (Å²) >= 11 is 5.06. The molecule has 5 heteroatoms. The molecule has 0 fully saturated rings. The number of benzene rings is 2. The first-order chi connectivity index (χ1) is 10.6. The molecule has 1 aliphatic heterocycles. The summed E-state index contributed by atoms with van der Waals surface area (Å²) in [6, 6.07) is 12.3. The Morgan fingerprint density at radius 1 is 1.32 bits per heavy atom. The SMILES string of the molecule is CC1CCN(C(=O)c2cc(Br)ccc2F)c2ccccc2S1. The van der Waals surface area contributed by atoms with Gasteiger partial charge in [-0.15, -0.1) is 11.8 Å². The fourth-order valence-corrected chi connectivity index (χ4v) is 3.98. The maximum Gasteiger partial charge on any atom is 0.261 e. The average Bonchev–Trinajstić information content (AvgIpc) is 2.67. The second-order valence-electron chi connectivity index (χ2n) is 5.27. The van der Waals surface area contributed by atoms with Crippen LogP contribution in [0.1, 0.15) is 23.7 Å². The van der Waals surface area contributed by atoms with Crippen LogP contribution in [0.3, 0.4) is 0 Å². The number of carbonyl (C=O) groups is 1. The summed E-state index contributed by atoms with van der Waals surface area (Å²) in [5, 5.41) is 0.423. The largest absolute Gasteiger partial charge is 0.307 e. The van der Waals surface area contributed by atoms with Crippen LogP contribution >= 0.6 is 27.7 Å². The first kappa shape index (κ1) is 15.6. The van der Waals surface area contributed by atoms with Gasteiger partial charge in [-0.3, -0.25) is 4.79 Å². The molecule has 0 spiro atoms. The molecule has 0 aliphatic carbocycles. The zero-order chi connectivity index (χ0) is 15.7. The Balaban J connectivity index is 2.04. The van der Waals surface area contributed by atoms with E-state index in [1.807, 2.05) is 24.3 Å². The monoisotopic (exact) mass is 379 g/mol. The molecule has 0 saturated heterocycles. The van der Waals surface area contributed by atoms with Gasteiger partial charge in [0, 0.05) is 21.2 Å². The van der Waals surface area contributed by atoms with Crippen molar-refractivity contribution in [1.29, 1.82) is 0 Å². The van der Waals surface area contributed by atoms with Gasteiger partial charge in [0.15, 0.2) is 0 Å². The van der Waals surface area contributed by atoms with E-state index >= 15 is 0 Å². The van der Waals surface area contributed by atoms with Gasteiger partial charge < -0.3 is 4.90 Å². The minimum Gasteiger partial charge on any atom is -0.307 e. The van der Waals surface area contributed by atoms with Crippen molar-refractivity contribution >= 4 is 39.3 Å². The summed E-state index contributed by atoms with van der Waals surface area (Å²) in [5.74, 6) is -0.781. The van der Waals surface area contributed by atoms with Crippen molar-refractivity contribution in [3.63, 3.8) is 0 Å². The lowest BCUT2D eigenvalue weighted by molar-refractivity contribution is 0.0982. The van der Waals surface area contributed by atoms with Gasteiger partial charge in [-0.25, -0.2) is 4.39 Å². The standard InChI is InChI=1S/C17H15BrFNOS/c1-11-8-9-20(15-4-2-3-5-16(15)22-11)17(21)13-10-12(18)6-7-14(13)19/h2-7,10-11H,8-9H2,1H3. The number of rotatable bonds is 1. The average molecular weight is 380 g/mol. The second kappa shape index (κ2) is 6.42. The Hall–Kier alpha value is -1.33. The summed E-state index contributed by atoms with van der Waals surface area (Å²) in [7, 11) is 0. The minimum atomic E-state index is -0.490. The van der Waals surface area contributed by atoms with Crippen LogP contribution in [-0.2, 0) is 0 Å². The van der Waals surface area contributed by atoms with E-state index in [9.17, 15) is 9.18 Å². The number of hydrogen-bond acceptors (Lipinski definition) is 2. The van der Waals surface area contributed by atoms with Gasteiger partial charge >= 0.3 is 0 Å². The maximum absolute atomic E-state index is 14.1. The quantitative estimate of drug-likeness (QED) is 0.685. The van der Waals surface area contributed by atoms with Crippen LogP contribution in [0.5, 0.6) is 0 Å². The van der Waals surface area contributed by atoms with Gasteiger partial charge in [0.1, 0.15) is 5.82 Å². The third kappa shape index (κ3) is 3.06. The highest BCUT2D eigenvalue weighted by Crippen LogP contribution is 2.38. The number of hydrogen-bond donors (Lipinski definition) is 0. The van der Waals surface area contributed by atoms with Gasteiger partial charge in [0.05, 0.1) is 11.3 Å². The molecule has 2 aromatic rings. The van der Waals surface area contributed by atoms with Crippen LogP contribution in [0.2, 0.25) is 0 Å². The van der Waals surface area contributed by atoms with Crippen LogP contribution in [0.4, 0.5) is 10.1 Å². The number of fused-ring (bicyclic) bond motifs is 1. The van der Waals surface area contributed by atoms with Crippen LogP contribution in [-0.4, -0.2) is 17.7 Å². The molecule has 1 unspecified atom stereocenters. The molecule has 1 amide bonds. The maximum atomic E-state index is 14.1. The number of amides is 1. The topological polar surface area (TPSA) is 20.3 Å². The number of nitrogens with zero attached hydrogens (tertiary/aromatic N) is 1. The molecule has 2 aromatic carbocycles. The summed E-state index contributed by atoms with van der Waals surface area (Å²) < 4.78 is 14.8. The number of thioether (sulfide) groups is 1. The molecule has 3 rings (SSSR count). The summed E-state index contributed by atoms with van der Waals surface area (Å²) in [6.45, 7) is 2.74. The number of para-hydroxylation sites is 1. The Labute approximate surface area is 141 Å². The van der Waals surface area contributed by atoms with E-state index in [-0.39, 0.29) is 11.5 Å². The lowest BCUT2D eigenvalue weighted by Crippen LogP contribution is -2.32. The lowest BCUT2D eigenvalue weighted by atomic mass is 10.1. The third-order valence-corrected chi connectivity index (χ3v) is 5.38. The van der Waals surface area contributed by atoms with Crippen molar-refractivity contribution in [1.82, 2.24) is 0 Å². The second-order valence-corrected chi connectivity index (χ2v) is 7.66. The van der Waals surface area contributed by atoms with Crippen molar-refractivity contribution in [2.45, 2.75) is 23.5 Å². The van der Waals surface area contributed by atoms with Gasteiger partial charge in [0.2, 0.25) is 0 Å². The Kier molecular flexibility index (Phi) is 4.54. The molecule has 1 atom stereocenters. The predicted molar refractivity (Wildman–Crippen MR) is 92.2 cm³/mol. The zero-order valence-corrected chi connectivity index (χ0v) is 14.5. The van der Waals surface area contributed by atoms with Crippen molar-refractivity contribution in [3.05, 3.63) is 58.3 Å². The van der Waals surface area contributed by atoms with Gasteiger partial charge in [-0.2, -0.15) is 0 Å². The van der Waals surface area contributed by atoms with E-state index in [0.717, 1.165) is 17.0 Å². The molecular formula is C17H15BrFNOS. The van der Waals surface area contributed by atoms with Gasteiger partial charge in [-0.05, 0) is 36.8 Å². The normalized spacial score (nSPS) is 17.8.